The third-order valence-electron chi connectivity index (χ3n) is 3.80. The van der Waals surface area contributed by atoms with E-state index < -0.39 is 0 Å². The summed E-state index contributed by atoms with van der Waals surface area (Å²) in [4.78, 5) is 11.7. The first kappa shape index (κ1) is 19.1. The first-order chi connectivity index (χ1) is 12.6. The molecule has 0 radical (unpaired) electrons. The van der Waals surface area contributed by atoms with E-state index in [9.17, 15) is 4.79 Å². The molecule has 2 aromatic rings. The van der Waals surface area contributed by atoms with Crippen LogP contribution in [0.3, 0.4) is 0 Å². The number of hydrogen-bond donors (Lipinski definition) is 3. The molecule has 0 spiro atoms. The molecule has 2 aromatic carbocycles. The smallest absolute Gasteiger partial charge is 0.238 e. The third kappa shape index (κ3) is 4.25. The van der Waals surface area contributed by atoms with E-state index in [1.54, 1.807) is 32.4 Å². The molecule has 0 aliphatic rings. The lowest BCUT2D eigenvalue weighted by atomic mass is 9.97. The van der Waals surface area contributed by atoms with Gasteiger partial charge in [0.25, 0.3) is 0 Å². The Kier molecular flexibility index (Phi) is 6.46. The minimum atomic E-state index is -0.318. The SMILES string of the molecule is COc1cc(OC)cc(C(=CN)c2ccc(OC)c(NC(=O)CN)c2)c1. The zero-order chi connectivity index (χ0) is 19.1. The van der Waals surface area contributed by atoms with Gasteiger partial charge in [0.15, 0.2) is 0 Å². The van der Waals surface area contributed by atoms with Crippen molar-refractivity contribution in [3.05, 3.63) is 53.7 Å². The summed E-state index contributed by atoms with van der Waals surface area (Å²) < 4.78 is 15.9. The number of nitrogens with one attached hydrogen (secondary N) is 1. The van der Waals surface area contributed by atoms with Crippen molar-refractivity contribution in [2.45, 2.75) is 0 Å². The number of carbonyl (C=O) groups is 1. The van der Waals surface area contributed by atoms with E-state index in [1.165, 1.54) is 13.3 Å². The number of carbonyl (C=O) groups excluding carboxylic acids is 1. The van der Waals surface area contributed by atoms with Crippen LogP contribution in [0.1, 0.15) is 11.1 Å². The summed E-state index contributed by atoms with van der Waals surface area (Å²) in [6.45, 7) is -0.125. The van der Waals surface area contributed by atoms with Gasteiger partial charge < -0.3 is 31.0 Å². The van der Waals surface area contributed by atoms with E-state index in [2.05, 4.69) is 5.32 Å². The van der Waals surface area contributed by atoms with Gasteiger partial charge in [-0.15, -0.1) is 0 Å². The number of ether oxygens (including phenoxy) is 3. The number of anilines is 1. The quantitative estimate of drug-likeness (QED) is 0.699. The molecular formula is C19H23N3O4. The van der Waals surface area contributed by atoms with Gasteiger partial charge >= 0.3 is 0 Å². The highest BCUT2D eigenvalue weighted by molar-refractivity contribution is 5.94. The molecule has 0 aliphatic heterocycles. The fraction of sp³-hybridized carbons (Fsp3) is 0.211. The predicted octanol–water partition coefficient (Wildman–Crippen LogP) is 1.96. The summed E-state index contributed by atoms with van der Waals surface area (Å²) in [5.74, 6) is 1.49. The average molecular weight is 357 g/mol. The Labute approximate surface area is 152 Å². The maximum absolute atomic E-state index is 11.7. The molecule has 0 fully saturated rings. The van der Waals surface area contributed by atoms with Crippen LogP contribution in [-0.4, -0.2) is 33.8 Å². The molecule has 0 atom stereocenters. The van der Waals surface area contributed by atoms with Gasteiger partial charge in [-0.25, -0.2) is 0 Å². The van der Waals surface area contributed by atoms with Crippen LogP contribution >= 0.6 is 0 Å². The summed E-state index contributed by atoms with van der Waals surface area (Å²) in [5, 5.41) is 2.72. The molecule has 0 saturated carbocycles. The number of hydrogen-bond acceptors (Lipinski definition) is 6. The van der Waals surface area contributed by atoms with Crippen LogP contribution in [0.2, 0.25) is 0 Å². The van der Waals surface area contributed by atoms with Gasteiger partial charge in [0.1, 0.15) is 17.2 Å². The van der Waals surface area contributed by atoms with Crippen molar-refractivity contribution in [1.82, 2.24) is 0 Å². The Morgan fingerprint density at radius 1 is 1.00 bits per heavy atom. The highest BCUT2D eigenvalue weighted by atomic mass is 16.5. The Bertz CT molecular complexity index is 796. The minimum Gasteiger partial charge on any atom is -0.497 e. The van der Waals surface area contributed by atoms with Crippen LogP contribution in [0.5, 0.6) is 17.2 Å². The number of nitrogens with two attached hydrogens (primary N) is 2. The summed E-state index contributed by atoms with van der Waals surface area (Å²) in [6, 6.07) is 10.9. The van der Waals surface area contributed by atoms with Crippen molar-refractivity contribution in [3.8, 4) is 17.2 Å². The van der Waals surface area contributed by atoms with E-state index in [1.807, 2.05) is 18.2 Å². The molecular weight excluding hydrogens is 334 g/mol. The van der Waals surface area contributed by atoms with Gasteiger partial charge in [-0.3, -0.25) is 4.79 Å². The zero-order valence-corrected chi connectivity index (χ0v) is 15.0. The van der Waals surface area contributed by atoms with Crippen LogP contribution in [0.15, 0.2) is 42.6 Å². The molecule has 0 unspecified atom stereocenters. The van der Waals surface area contributed by atoms with Crippen LogP contribution < -0.4 is 31.0 Å². The molecule has 1 amide bonds. The van der Waals surface area contributed by atoms with Crippen molar-refractivity contribution >= 4 is 17.2 Å². The molecule has 26 heavy (non-hydrogen) atoms. The molecule has 138 valence electrons. The number of methoxy groups -OCH3 is 3. The van der Waals surface area contributed by atoms with Crippen LogP contribution in [0, 0.1) is 0 Å². The molecule has 0 heterocycles. The van der Waals surface area contributed by atoms with Gasteiger partial charge in [-0.1, -0.05) is 6.07 Å². The Morgan fingerprint density at radius 2 is 1.65 bits per heavy atom. The van der Waals surface area contributed by atoms with E-state index in [-0.39, 0.29) is 12.5 Å². The van der Waals surface area contributed by atoms with E-state index >= 15 is 0 Å². The Balaban J connectivity index is 2.51. The average Bonchev–Trinajstić information content (AvgIpc) is 2.68. The first-order valence-electron chi connectivity index (χ1n) is 7.90. The second-order valence-electron chi connectivity index (χ2n) is 5.35. The molecule has 0 aromatic heterocycles. The maximum atomic E-state index is 11.7. The molecule has 2 rings (SSSR count). The molecule has 0 bridgehead atoms. The monoisotopic (exact) mass is 357 g/mol. The predicted molar refractivity (Wildman–Crippen MR) is 101 cm³/mol. The van der Waals surface area contributed by atoms with Crippen LogP contribution in [-0.2, 0) is 4.79 Å². The van der Waals surface area contributed by atoms with Gasteiger partial charge in [0, 0.05) is 17.8 Å². The van der Waals surface area contributed by atoms with Gasteiger partial charge in [-0.2, -0.15) is 0 Å². The molecule has 5 N–H and O–H groups in total. The zero-order valence-electron chi connectivity index (χ0n) is 15.0. The summed E-state index contributed by atoms with van der Waals surface area (Å²) >= 11 is 0. The number of benzene rings is 2. The van der Waals surface area contributed by atoms with Crippen LogP contribution in [0.4, 0.5) is 5.69 Å². The highest BCUT2D eigenvalue weighted by Gasteiger charge is 2.13. The van der Waals surface area contributed by atoms with Crippen molar-refractivity contribution in [2.24, 2.45) is 11.5 Å². The standard InChI is InChI=1S/C19H23N3O4/c1-24-14-6-13(7-15(9-14)25-2)16(10-20)12-4-5-18(26-3)17(8-12)22-19(23)11-21/h4-10H,11,20-21H2,1-3H3,(H,22,23). The fourth-order valence-electron chi connectivity index (χ4n) is 2.50. The molecule has 0 aliphatic carbocycles. The lowest BCUT2D eigenvalue weighted by molar-refractivity contribution is -0.114. The van der Waals surface area contributed by atoms with E-state index in [4.69, 9.17) is 25.7 Å². The Morgan fingerprint density at radius 3 is 2.15 bits per heavy atom. The largest absolute Gasteiger partial charge is 0.497 e. The van der Waals surface area contributed by atoms with Gasteiger partial charge in [0.05, 0.1) is 33.6 Å². The minimum absolute atomic E-state index is 0.125. The first-order valence-corrected chi connectivity index (χ1v) is 7.90. The maximum Gasteiger partial charge on any atom is 0.238 e. The summed E-state index contributed by atoms with van der Waals surface area (Å²) in [5.41, 5.74) is 14.1. The normalized spacial score (nSPS) is 11.0. The number of rotatable bonds is 7. The van der Waals surface area contributed by atoms with Gasteiger partial charge in [0.2, 0.25) is 5.91 Å². The van der Waals surface area contributed by atoms with Crippen LogP contribution in [0.25, 0.3) is 5.57 Å². The third-order valence-corrected chi connectivity index (χ3v) is 3.80. The molecule has 7 nitrogen and oxygen atoms in total. The highest BCUT2D eigenvalue weighted by Crippen LogP contribution is 2.34. The van der Waals surface area contributed by atoms with E-state index in [0.29, 0.717) is 22.9 Å². The topological polar surface area (TPSA) is 109 Å². The van der Waals surface area contributed by atoms with Crippen molar-refractivity contribution in [1.29, 1.82) is 0 Å². The lowest BCUT2D eigenvalue weighted by Crippen LogP contribution is -2.22. The Hall–Kier alpha value is -3.19. The second-order valence-corrected chi connectivity index (χ2v) is 5.35. The van der Waals surface area contributed by atoms with Gasteiger partial charge in [-0.05, 0) is 35.4 Å². The molecule has 7 heteroatoms. The molecule has 0 saturated heterocycles. The van der Waals surface area contributed by atoms with Crippen molar-refractivity contribution < 1.29 is 19.0 Å². The van der Waals surface area contributed by atoms with Crippen molar-refractivity contribution in [2.75, 3.05) is 33.2 Å². The second kappa shape index (κ2) is 8.77. The fourth-order valence-corrected chi connectivity index (χ4v) is 2.50. The van der Waals surface area contributed by atoms with Crippen molar-refractivity contribution in [3.63, 3.8) is 0 Å². The number of amides is 1. The summed E-state index contributed by atoms with van der Waals surface area (Å²) in [6.07, 6.45) is 1.49. The lowest BCUT2D eigenvalue weighted by Gasteiger charge is -2.15. The summed E-state index contributed by atoms with van der Waals surface area (Å²) in [7, 11) is 4.69. The van der Waals surface area contributed by atoms with E-state index in [0.717, 1.165) is 16.7 Å².